The maximum absolute atomic E-state index is 4.33. The Morgan fingerprint density at radius 1 is 1.35 bits per heavy atom. The van der Waals surface area contributed by atoms with E-state index in [-0.39, 0.29) is 0 Å². The van der Waals surface area contributed by atoms with Crippen molar-refractivity contribution >= 4 is 0 Å². The average Bonchev–Trinajstić information content (AvgIpc) is 2.76. The highest BCUT2D eigenvalue weighted by Crippen LogP contribution is 2.11. The summed E-state index contributed by atoms with van der Waals surface area (Å²) in [5, 5.41) is 3.36. The van der Waals surface area contributed by atoms with Crippen LogP contribution in [-0.4, -0.2) is 26.1 Å². The summed E-state index contributed by atoms with van der Waals surface area (Å²) in [6, 6.07) is 0. The van der Waals surface area contributed by atoms with Crippen LogP contribution >= 0.6 is 0 Å². The SMILES string of the molecule is CCCNCc1cncnc1-n1ccnc1C. The molecule has 2 rings (SSSR count). The Morgan fingerprint density at radius 2 is 2.24 bits per heavy atom. The molecule has 0 amide bonds. The number of rotatable bonds is 5. The molecule has 0 spiro atoms. The van der Waals surface area contributed by atoms with Crippen molar-refractivity contribution in [3.05, 3.63) is 36.3 Å². The molecule has 0 fully saturated rings. The van der Waals surface area contributed by atoms with Crippen molar-refractivity contribution in [2.75, 3.05) is 6.54 Å². The summed E-state index contributed by atoms with van der Waals surface area (Å²) in [6.07, 6.45) is 8.23. The number of hydrogen-bond donors (Lipinski definition) is 1. The first kappa shape index (κ1) is 11.7. The van der Waals surface area contributed by atoms with Crippen LogP contribution in [0.2, 0.25) is 0 Å². The number of nitrogens with one attached hydrogen (secondary N) is 1. The minimum absolute atomic E-state index is 0.779. The van der Waals surface area contributed by atoms with Gasteiger partial charge in [-0.25, -0.2) is 15.0 Å². The lowest BCUT2D eigenvalue weighted by Gasteiger charge is -2.10. The van der Waals surface area contributed by atoms with Crippen molar-refractivity contribution in [1.82, 2.24) is 24.8 Å². The van der Waals surface area contributed by atoms with E-state index in [2.05, 4.69) is 27.2 Å². The topological polar surface area (TPSA) is 55.6 Å². The van der Waals surface area contributed by atoms with E-state index in [1.807, 2.05) is 23.9 Å². The molecule has 2 heterocycles. The number of aromatic nitrogens is 4. The maximum atomic E-state index is 4.33. The third kappa shape index (κ3) is 2.68. The fourth-order valence-electron chi connectivity index (χ4n) is 1.70. The Kier molecular flexibility index (Phi) is 3.82. The zero-order valence-electron chi connectivity index (χ0n) is 10.2. The summed E-state index contributed by atoms with van der Waals surface area (Å²) in [6.45, 7) is 5.89. The lowest BCUT2D eigenvalue weighted by atomic mass is 10.3. The molecule has 0 bridgehead atoms. The highest BCUT2D eigenvalue weighted by atomic mass is 15.1. The first-order chi connectivity index (χ1) is 8.33. The summed E-state index contributed by atoms with van der Waals surface area (Å²) < 4.78 is 1.98. The van der Waals surface area contributed by atoms with Gasteiger partial charge in [-0.1, -0.05) is 6.92 Å². The summed E-state index contributed by atoms with van der Waals surface area (Å²) >= 11 is 0. The van der Waals surface area contributed by atoms with Gasteiger partial charge in [0.05, 0.1) is 0 Å². The normalized spacial score (nSPS) is 10.7. The summed E-state index contributed by atoms with van der Waals surface area (Å²) in [5.74, 6) is 1.83. The van der Waals surface area contributed by atoms with Crippen molar-refractivity contribution < 1.29 is 0 Å². The van der Waals surface area contributed by atoms with Crippen LogP contribution in [0.4, 0.5) is 0 Å². The fourth-order valence-corrected chi connectivity index (χ4v) is 1.70. The van der Waals surface area contributed by atoms with Crippen molar-refractivity contribution in [2.45, 2.75) is 26.8 Å². The van der Waals surface area contributed by atoms with Crippen molar-refractivity contribution in [1.29, 1.82) is 0 Å². The molecule has 0 atom stereocenters. The van der Waals surface area contributed by atoms with Gasteiger partial charge in [0.2, 0.25) is 0 Å². The Labute approximate surface area is 101 Å². The van der Waals surface area contributed by atoms with Crippen LogP contribution < -0.4 is 5.32 Å². The van der Waals surface area contributed by atoms with Crippen LogP contribution in [0.25, 0.3) is 5.82 Å². The lowest BCUT2D eigenvalue weighted by Crippen LogP contribution is -2.16. The van der Waals surface area contributed by atoms with E-state index in [4.69, 9.17) is 0 Å². The van der Waals surface area contributed by atoms with Gasteiger partial charge < -0.3 is 5.32 Å². The van der Waals surface area contributed by atoms with Gasteiger partial charge in [0.1, 0.15) is 18.0 Å². The average molecular weight is 231 g/mol. The second-order valence-corrected chi connectivity index (χ2v) is 3.89. The monoisotopic (exact) mass is 231 g/mol. The molecule has 0 saturated heterocycles. The van der Waals surface area contributed by atoms with E-state index in [0.717, 1.165) is 36.7 Å². The predicted molar refractivity (Wildman–Crippen MR) is 65.9 cm³/mol. The molecule has 0 aliphatic heterocycles. The molecule has 0 aliphatic rings. The molecular formula is C12H17N5. The Balaban J connectivity index is 2.25. The van der Waals surface area contributed by atoms with Crippen LogP contribution in [0.3, 0.4) is 0 Å². The number of hydrogen-bond acceptors (Lipinski definition) is 4. The molecule has 2 aromatic heterocycles. The second kappa shape index (κ2) is 5.54. The lowest BCUT2D eigenvalue weighted by molar-refractivity contribution is 0.667. The molecule has 2 aromatic rings. The summed E-state index contributed by atoms with van der Waals surface area (Å²) in [5.41, 5.74) is 1.09. The molecule has 5 heteroatoms. The smallest absolute Gasteiger partial charge is 0.145 e. The van der Waals surface area contributed by atoms with Gasteiger partial charge in [-0.2, -0.15) is 0 Å². The van der Waals surface area contributed by atoms with Crippen LogP contribution in [0, 0.1) is 6.92 Å². The summed E-state index contributed by atoms with van der Waals surface area (Å²) in [4.78, 5) is 12.6. The number of nitrogens with zero attached hydrogens (tertiary/aromatic N) is 4. The van der Waals surface area contributed by atoms with Gasteiger partial charge >= 0.3 is 0 Å². The second-order valence-electron chi connectivity index (χ2n) is 3.89. The molecule has 0 unspecified atom stereocenters. The van der Waals surface area contributed by atoms with E-state index in [1.165, 1.54) is 0 Å². The Hall–Kier alpha value is -1.75. The number of aryl methyl sites for hydroxylation is 1. The zero-order chi connectivity index (χ0) is 12.1. The zero-order valence-corrected chi connectivity index (χ0v) is 10.2. The van der Waals surface area contributed by atoms with Crippen LogP contribution in [0.1, 0.15) is 24.7 Å². The van der Waals surface area contributed by atoms with Gasteiger partial charge in [-0.05, 0) is 19.9 Å². The van der Waals surface area contributed by atoms with E-state index in [1.54, 1.807) is 12.5 Å². The van der Waals surface area contributed by atoms with Crippen molar-refractivity contribution in [3.8, 4) is 5.82 Å². The third-order valence-electron chi connectivity index (χ3n) is 2.56. The molecule has 17 heavy (non-hydrogen) atoms. The molecule has 0 saturated carbocycles. The quantitative estimate of drug-likeness (QED) is 0.792. The summed E-state index contributed by atoms with van der Waals surface area (Å²) in [7, 11) is 0. The first-order valence-electron chi connectivity index (χ1n) is 5.83. The van der Waals surface area contributed by atoms with E-state index < -0.39 is 0 Å². The van der Waals surface area contributed by atoms with E-state index >= 15 is 0 Å². The Morgan fingerprint density at radius 3 is 2.94 bits per heavy atom. The molecule has 0 aliphatic carbocycles. The van der Waals surface area contributed by atoms with Gasteiger partial charge in [-0.3, -0.25) is 4.57 Å². The van der Waals surface area contributed by atoms with Crippen molar-refractivity contribution in [3.63, 3.8) is 0 Å². The molecule has 0 radical (unpaired) electrons. The van der Waals surface area contributed by atoms with Crippen LogP contribution in [0.5, 0.6) is 0 Å². The van der Waals surface area contributed by atoms with Crippen molar-refractivity contribution in [2.24, 2.45) is 0 Å². The van der Waals surface area contributed by atoms with Gasteiger partial charge in [0.25, 0.3) is 0 Å². The Bertz CT molecular complexity index is 477. The molecule has 90 valence electrons. The highest BCUT2D eigenvalue weighted by Gasteiger charge is 2.07. The van der Waals surface area contributed by atoms with Gasteiger partial charge in [0, 0.05) is 30.7 Å². The first-order valence-corrected chi connectivity index (χ1v) is 5.83. The van der Waals surface area contributed by atoms with E-state index in [0.29, 0.717) is 0 Å². The number of imidazole rings is 1. The van der Waals surface area contributed by atoms with Gasteiger partial charge in [-0.15, -0.1) is 0 Å². The van der Waals surface area contributed by atoms with Crippen LogP contribution in [0.15, 0.2) is 24.9 Å². The molecule has 5 nitrogen and oxygen atoms in total. The van der Waals surface area contributed by atoms with E-state index in [9.17, 15) is 0 Å². The molecular weight excluding hydrogens is 214 g/mol. The largest absolute Gasteiger partial charge is 0.312 e. The standard InChI is InChI=1S/C12H17N5/c1-3-4-13-7-11-8-14-9-16-12(11)17-6-5-15-10(17)2/h5-6,8-9,13H,3-4,7H2,1-2H3. The third-order valence-corrected chi connectivity index (χ3v) is 2.56. The maximum Gasteiger partial charge on any atom is 0.145 e. The minimum atomic E-state index is 0.779. The predicted octanol–water partition coefficient (Wildman–Crippen LogP) is 1.47. The van der Waals surface area contributed by atoms with Crippen LogP contribution in [-0.2, 0) is 6.54 Å². The van der Waals surface area contributed by atoms with Gasteiger partial charge in [0.15, 0.2) is 0 Å². The molecule has 0 aromatic carbocycles. The fraction of sp³-hybridized carbons (Fsp3) is 0.417. The highest BCUT2D eigenvalue weighted by molar-refractivity contribution is 5.32. The minimum Gasteiger partial charge on any atom is -0.312 e. The molecule has 1 N–H and O–H groups in total.